The van der Waals surface area contributed by atoms with Crippen molar-refractivity contribution in [3.63, 3.8) is 0 Å². The van der Waals surface area contributed by atoms with Crippen LogP contribution in [0.15, 0.2) is 12.3 Å². The fraction of sp³-hybridized carbons (Fsp3) is 0.714. The zero-order valence-corrected chi connectivity index (χ0v) is 11.6. The number of anilines is 1. The second-order valence-corrected chi connectivity index (χ2v) is 4.71. The Hall–Kier alpha value is -1.36. The first kappa shape index (κ1) is 14.1. The smallest absolute Gasteiger partial charge is 0.226 e. The quantitative estimate of drug-likeness (QED) is 0.768. The molecule has 19 heavy (non-hydrogen) atoms. The number of hydrogen-bond acceptors (Lipinski definition) is 5. The fourth-order valence-corrected chi connectivity index (χ4v) is 2.28. The van der Waals surface area contributed by atoms with Gasteiger partial charge in [0.1, 0.15) is 0 Å². The summed E-state index contributed by atoms with van der Waals surface area (Å²) in [5.74, 6) is 1.20. The molecule has 0 aliphatic heterocycles. The van der Waals surface area contributed by atoms with Gasteiger partial charge in [0.25, 0.3) is 0 Å². The molecule has 106 valence electrons. The van der Waals surface area contributed by atoms with Gasteiger partial charge >= 0.3 is 0 Å². The van der Waals surface area contributed by atoms with Gasteiger partial charge < -0.3 is 14.8 Å². The summed E-state index contributed by atoms with van der Waals surface area (Å²) in [6, 6.07) is 1.76. The number of rotatable bonds is 7. The van der Waals surface area contributed by atoms with E-state index in [1.54, 1.807) is 12.3 Å². The summed E-state index contributed by atoms with van der Waals surface area (Å²) in [7, 11) is 0. The molecule has 1 N–H and O–H groups in total. The molecule has 5 nitrogen and oxygen atoms in total. The highest BCUT2D eigenvalue weighted by Crippen LogP contribution is 2.19. The second kappa shape index (κ2) is 7.94. The van der Waals surface area contributed by atoms with Crippen LogP contribution in [0.3, 0.4) is 0 Å². The van der Waals surface area contributed by atoms with Crippen LogP contribution >= 0.6 is 0 Å². The van der Waals surface area contributed by atoms with E-state index in [1.807, 2.05) is 6.92 Å². The highest BCUT2D eigenvalue weighted by Gasteiger charge is 2.13. The van der Waals surface area contributed by atoms with Gasteiger partial charge in [-0.15, -0.1) is 0 Å². The Bertz CT molecular complexity index is 367. The third kappa shape index (κ3) is 5.03. The first-order valence-electron chi connectivity index (χ1n) is 7.20. The van der Waals surface area contributed by atoms with Gasteiger partial charge in [0, 0.05) is 18.8 Å². The van der Waals surface area contributed by atoms with Crippen molar-refractivity contribution in [2.45, 2.75) is 45.1 Å². The van der Waals surface area contributed by atoms with Crippen molar-refractivity contribution in [2.75, 3.05) is 25.1 Å². The lowest BCUT2D eigenvalue weighted by Crippen LogP contribution is -2.21. The highest BCUT2D eigenvalue weighted by molar-refractivity contribution is 5.27. The summed E-state index contributed by atoms with van der Waals surface area (Å²) in [5.41, 5.74) is 0. The van der Waals surface area contributed by atoms with Crippen LogP contribution in [0.25, 0.3) is 0 Å². The zero-order chi connectivity index (χ0) is 13.3. The summed E-state index contributed by atoms with van der Waals surface area (Å²) < 4.78 is 11.2. The van der Waals surface area contributed by atoms with E-state index in [0.29, 0.717) is 31.1 Å². The van der Waals surface area contributed by atoms with Gasteiger partial charge in [0.2, 0.25) is 11.8 Å². The van der Waals surface area contributed by atoms with Gasteiger partial charge in [-0.25, -0.2) is 4.98 Å². The molecule has 0 atom stereocenters. The van der Waals surface area contributed by atoms with Gasteiger partial charge in [0.05, 0.1) is 19.3 Å². The molecular weight excluding hydrogens is 242 g/mol. The standard InChI is InChI=1S/C14H23N3O2/c1-2-18-13-8-9-15-14(17-13)16-10-11-19-12-6-4-3-5-7-12/h8-9,12H,2-7,10-11H2,1H3,(H,15,16,17). The first-order valence-corrected chi connectivity index (χ1v) is 7.20. The van der Waals surface area contributed by atoms with Crippen LogP contribution in [0.4, 0.5) is 5.95 Å². The van der Waals surface area contributed by atoms with Gasteiger partial charge in [-0.1, -0.05) is 19.3 Å². The van der Waals surface area contributed by atoms with Crippen molar-refractivity contribution < 1.29 is 9.47 Å². The Morgan fingerprint density at radius 2 is 2.16 bits per heavy atom. The summed E-state index contributed by atoms with van der Waals surface area (Å²) in [4.78, 5) is 8.40. The van der Waals surface area contributed by atoms with Crippen LogP contribution in [0.5, 0.6) is 5.88 Å². The van der Waals surface area contributed by atoms with E-state index in [4.69, 9.17) is 9.47 Å². The van der Waals surface area contributed by atoms with Gasteiger partial charge in [0.15, 0.2) is 0 Å². The van der Waals surface area contributed by atoms with E-state index in [-0.39, 0.29) is 0 Å². The van der Waals surface area contributed by atoms with E-state index in [0.717, 1.165) is 6.54 Å². The lowest BCUT2D eigenvalue weighted by Gasteiger charge is -2.21. The van der Waals surface area contributed by atoms with E-state index in [2.05, 4.69) is 15.3 Å². The Morgan fingerprint density at radius 1 is 1.32 bits per heavy atom. The minimum Gasteiger partial charge on any atom is -0.478 e. The fourth-order valence-electron chi connectivity index (χ4n) is 2.28. The Morgan fingerprint density at radius 3 is 2.95 bits per heavy atom. The second-order valence-electron chi connectivity index (χ2n) is 4.71. The molecule has 1 aliphatic carbocycles. The molecule has 1 saturated carbocycles. The molecule has 0 bridgehead atoms. The summed E-state index contributed by atoms with van der Waals surface area (Å²) in [6.45, 7) is 3.98. The maximum Gasteiger partial charge on any atom is 0.226 e. The summed E-state index contributed by atoms with van der Waals surface area (Å²) in [6.07, 6.45) is 8.52. The predicted octanol–water partition coefficient (Wildman–Crippen LogP) is 2.64. The summed E-state index contributed by atoms with van der Waals surface area (Å²) >= 11 is 0. The van der Waals surface area contributed by atoms with Crippen LogP contribution in [-0.4, -0.2) is 35.8 Å². The minimum absolute atomic E-state index is 0.450. The topological polar surface area (TPSA) is 56.3 Å². The third-order valence-corrected chi connectivity index (χ3v) is 3.21. The van der Waals surface area contributed by atoms with E-state index < -0.39 is 0 Å². The van der Waals surface area contributed by atoms with Crippen LogP contribution < -0.4 is 10.1 Å². The SMILES string of the molecule is CCOc1ccnc(NCCOC2CCCCC2)n1. The lowest BCUT2D eigenvalue weighted by molar-refractivity contribution is 0.0347. The lowest BCUT2D eigenvalue weighted by atomic mass is 9.98. The van der Waals surface area contributed by atoms with Crippen molar-refractivity contribution >= 4 is 5.95 Å². The molecular formula is C14H23N3O2. The Labute approximate surface area is 114 Å². The molecule has 5 heteroatoms. The number of aromatic nitrogens is 2. The maximum absolute atomic E-state index is 5.83. The molecule has 1 fully saturated rings. The molecule has 1 aromatic heterocycles. The highest BCUT2D eigenvalue weighted by atomic mass is 16.5. The van der Waals surface area contributed by atoms with Crippen LogP contribution in [-0.2, 0) is 4.74 Å². The minimum atomic E-state index is 0.450. The molecule has 1 aromatic rings. The third-order valence-electron chi connectivity index (χ3n) is 3.21. The normalized spacial score (nSPS) is 16.3. The monoisotopic (exact) mass is 265 g/mol. The molecule has 0 spiro atoms. The molecule has 0 radical (unpaired) electrons. The molecule has 0 amide bonds. The number of nitrogens with zero attached hydrogens (tertiary/aromatic N) is 2. The van der Waals surface area contributed by atoms with Crippen LogP contribution in [0, 0.1) is 0 Å². The zero-order valence-electron chi connectivity index (χ0n) is 11.6. The molecule has 2 rings (SSSR count). The molecule has 0 saturated heterocycles. The van der Waals surface area contributed by atoms with E-state index >= 15 is 0 Å². The van der Waals surface area contributed by atoms with Crippen LogP contribution in [0.1, 0.15) is 39.0 Å². The molecule has 0 aromatic carbocycles. The number of hydrogen-bond donors (Lipinski definition) is 1. The Kier molecular flexibility index (Phi) is 5.88. The average molecular weight is 265 g/mol. The van der Waals surface area contributed by atoms with Crippen molar-refractivity contribution in [3.8, 4) is 5.88 Å². The molecule has 0 unspecified atom stereocenters. The largest absolute Gasteiger partial charge is 0.478 e. The van der Waals surface area contributed by atoms with Crippen molar-refractivity contribution in [3.05, 3.63) is 12.3 Å². The van der Waals surface area contributed by atoms with Gasteiger partial charge in [-0.2, -0.15) is 4.98 Å². The van der Waals surface area contributed by atoms with Crippen LogP contribution in [0.2, 0.25) is 0 Å². The maximum atomic E-state index is 5.83. The first-order chi connectivity index (χ1) is 9.38. The average Bonchev–Trinajstić information content (AvgIpc) is 2.46. The van der Waals surface area contributed by atoms with E-state index in [1.165, 1.54) is 32.1 Å². The van der Waals surface area contributed by atoms with Crippen molar-refractivity contribution in [1.82, 2.24) is 9.97 Å². The van der Waals surface area contributed by atoms with Gasteiger partial charge in [-0.3, -0.25) is 0 Å². The Balaban J connectivity index is 1.65. The summed E-state index contributed by atoms with van der Waals surface area (Å²) in [5, 5.41) is 3.16. The predicted molar refractivity (Wildman–Crippen MR) is 74.5 cm³/mol. The van der Waals surface area contributed by atoms with E-state index in [9.17, 15) is 0 Å². The number of nitrogens with one attached hydrogen (secondary N) is 1. The molecule has 1 aliphatic rings. The van der Waals surface area contributed by atoms with Crippen molar-refractivity contribution in [1.29, 1.82) is 0 Å². The van der Waals surface area contributed by atoms with Gasteiger partial charge in [-0.05, 0) is 19.8 Å². The molecule has 1 heterocycles. The van der Waals surface area contributed by atoms with Crippen molar-refractivity contribution in [2.24, 2.45) is 0 Å². The number of ether oxygens (including phenoxy) is 2.